The predicted molar refractivity (Wildman–Crippen MR) is 66.0 cm³/mol. The van der Waals surface area contributed by atoms with Crippen molar-refractivity contribution in [2.75, 3.05) is 0 Å². The fraction of sp³-hybridized carbons (Fsp3) is 0.462. The molecule has 3 heteroatoms. The summed E-state index contributed by atoms with van der Waals surface area (Å²) >= 11 is 0. The van der Waals surface area contributed by atoms with Gasteiger partial charge in [-0.15, -0.1) is 0 Å². The summed E-state index contributed by atoms with van der Waals surface area (Å²) in [5, 5.41) is 0. The maximum Gasteiger partial charge on any atom is 0.220 e. The van der Waals surface area contributed by atoms with Crippen molar-refractivity contribution in [2.45, 2.75) is 32.6 Å². The monoisotopic (exact) mass is 223 g/mol. The van der Waals surface area contributed by atoms with E-state index in [2.05, 4.69) is 19.1 Å². The molecule has 1 unspecified atom stereocenters. The van der Waals surface area contributed by atoms with Gasteiger partial charge < -0.3 is 11.2 Å². The molecule has 1 atom stereocenters. The largest absolute Gasteiger partial charge is 0.412 e. The number of rotatable bonds is 6. The van der Waals surface area contributed by atoms with Gasteiger partial charge in [0.2, 0.25) is 5.91 Å². The normalized spacial score (nSPS) is 11.6. The second kappa shape index (κ2) is 7.88. The third kappa shape index (κ3) is 4.94. The van der Waals surface area contributed by atoms with Crippen molar-refractivity contribution in [2.24, 2.45) is 11.7 Å². The van der Waals surface area contributed by atoms with Crippen molar-refractivity contribution in [3.8, 4) is 0 Å². The Kier molecular flexibility index (Phi) is 7.21. The first-order valence-electron chi connectivity index (χ1n) is 5.57. The van der Waals surface area contributed by atoms with Gasteiger partial charge in [-0.2, -0.15) is 0 Å². The SMILES string of the molecule is CCCC(CCc1ccccc1)C(N)=O.O. The zero-order valence-corrected chi connectivity index (χ0v) is 9.78. The number of nitrogens with two attached hydrogens (primary N) is 1. The molecule has 0 fully saturated rings. The molecule has 0 radical (unpaired) electrons. The van der Waals surface area contributed by atoms with Crippen LogP contribution in [0.25, 0.3) is 0 Å². The molecule has 3 nitrogen and oxygen atoms in total. The highest BCUT2D eigenvalue weighted by Gasteiger charge is 2.13. The van der Waals surface area contributed by atoms with E-state index in [1.807, 2.05) is 18.2 Å². The smallest absolute Gasteiger partial charge is 0.220 e. The van der Waals surface area contributed by atoms with E-state index in [-0.39, 0.29) is 17.3 Å². The summed E-state index contributed by atoms with van der Waals surface area (Å²) in [6.45, 7) is 2.08. The van der Waals surface area contributed by atoms with E-state index in [9.17, 15) is 4.79 Å². The van der Waals surface area contributed by atoms with Gasteiger partial charge in [0.15, 0.2) is 0 Å². The van der Waals surface area contributed by atoms with Crippen LogP contribution in [0.5, 0.6) is 0 Å². The molecule has 90 valence electrons. The lowest BCUT2D eigenvalue weighted by molar-refractivity contribution is -0.122. The van der Waals surface area contributed by atoms with Crippen LogP contribution in [0.15, 0.2) is 30.3 Å². The molecule has 0 aromatic heterocycles. The molecule has 1 rings (SSSR count). The summed E-state index contributed by atoms with van der Waals surface area (Å²) in [6, 6.07) is 10.2. The Morgan fingerprint density at radius 1 is 1.25 bits per heavy atom. The molecule has 1 aromatic rings. The minimum absolute atomic E-state index is 0. The fourth-order valence-corrected chi connectivity index (χ4v) is 1.76. The van der Waals surface area contributed by atoms with Gasteiger partial charge in [0.1, 0.15) is 0 Å². The third-order valence-corrected chi connectivity index (χ3v) is 2.66. The van der Waals surface area contributed by atoms with Gasteiger partial charge in [-0.3, -0.25) is 4.79 Å². The van der Waals surface area contributed by atoms with Crippen molar-refractivity contribution in [1.29, 1.82) is 0 Å². The molecular formula is C13H21NO2. The van der Waals surface area contributed by atoms with Gasteiger partial charge in [-0.05, 0) is 24.8 Å². The van der Waals surface area contributed by atoms with Gasteiger partial charge in [-0.25, -0.2) is 0 Å². The zero-order chi connectivity index (χ0) is 11.1. The number of hydrogen-bond donors (Lipinski definition) is 1. The van der Waals surface area contributed by atoms with Gasteiger partial charge in [0.25, 0.3) is 0 Å². The average Bonchev–Trinajstić information content (AvgIpc) is 2.25. The van der Waals surface area contributed by atoms with Gasteiger partial charge in [0, 0.05) is 5.92 Å². The summed E-state index contributed by atoms with van der Waals surface area (Å²) in [5.41, 5.74) is 6.63. The summed E-state index contributed by atoms with van der Waals surface area (Å²) in [6.07, 6.45) is 3.73. The first-order chi connectivity index (χ1) is 7.24. The van der Waals surface area contributed by atoms with Crippen LogP contribution in [0.4, 0.5) is 0 Å². The van der Waals surface area contributed by atoms with Crippen LogP contribution in [0, 0.1) is 5.92 Å². The summed E-state index contributed by atoms with van der Waals surface area (Å²) in [5.74, 6) is -0.122. The highest BCUT2D eigenvalue weighted by Crippen LogP contribution is 2.14. The van der Waals surface area contributed by atoms with E-state index >= 15 is 0 Å². The average molecular weight is 223 g/mol. The minimum atomic E-state index is -0.159. The summed E-state index contributed by atoms with van der Waals surface area (Å²) < 4.78 is 0. The lowest BCUT2D eigenvalue weighted by Gasteiger charge is -2.11. The van der Waals surface area contributed by atoms with Crippen molar-refractivity contribution in [1.82, 2.24) is 0 Å². The third-order valence-electron chi connectivity index (χ3n) is 2.66. The molecule has 0 aliphatic heterocycles. The van der Waals surface area contributed by atoms with Crippen LogP contribution in [0.3, 0.4) is 0 Å². The summed E-state index contributed by atoms with van der Waals surface area (Å²) in [4.78, 5) is 11.1. The number of carbonyl (C=O) groups is 1. The fourth-order valence-electron chi connectivity index (χ4n) is 1.76. The predicted octanol–water partition coefficient (Wildman–Crippen LogP) is 1.70. The Hall–Kier alpha value is -1.35. The lowest BCUT2D eigenvalue weighted by atomic mass is 9.95. The quantitative estimate of drug-likeness (QED) is 0.783. The molecule has 0 spiro atoms. The van der Waals surface area contributed by atoms with Crippen LogP contribution in [0.2, 0.25) is 0 Å². The van der Waals surface area contributed by atoms with E-state index in [4.69, 9.17) is 5.73 Å². The standard InChI is InChI=1S/C13H19NO.H2O/c1-2-6-12(13(14)15)10-9-11-7-4-3-5-8-11;/h3-5,7-8,12H,2,6,9-10H2,1H3,(H2,14,15);1H2. The van der Waals surface area contributed by atoms with Crippen LogP contribution < -0.4 is 5.73 Å². The highest BCUT2D eigenvalue weighted by atomic mass is 16.1. The maximum atomic E-state index is 11.1. The number of carbonyl (C=O) groups excluding carboxylic acids is 1. The Balaban J connectivity index is 0.00000225. The highest BCUT2D eigenvalue weighted by molar-refractivity contribution is 5.76. The molecule has 0 aliphatic carbocycles. The molecule has 0 bridgehead atoms. The van der Waals surface area contributed by atoms with Gasteiger partial charge in [0.05, 0.1) is 0 Å². The van der Waals surface area contributed by atoms with Crippen molar-refractivity contribution < 1.29 is 10.3 Å². The Morgan fingerprint density at radius 2 is 1.88 bits per heavy atom. The lowest BCUT2D eigenvalue weighted by Crippen LogP contribution is -2.23. The van der Waals surface area contributed by atoms with Crippen molar-refractivity contribution >= 4 is 5.91 Å². The molecule has 1 amide bonds. The van der Waals surface area contributed by atoms with Crippen LogP contribution >= 0.6 is 0 Å². The van der Waals surface area contributed by atoms with E-state index in [0.29, 0.717) is 0 Å². The molecule has 0 saturated carbocycles. The minimum Gasteiger partial charge on any atom is -0.412 e. The van der Waals surface area contributed by atoms with Gasteiger partial charge in [-0.1, -0.05) is 43.7 Å². The van der Waals surface area contributed by atoms with E-state index in [1.54, 1.807) is 0 Å². The zero-order valence-electron chi connectivity index (χ0n) is 9.78. The van der Waals surface area contributed by atoms with Gasteiger partial charge >= 0.3 is 0 Å². The van der Waals surface area contributed by atoms with Crippen LogP contribution in [0.1, 0.15) is 31.7 Å². The molecule has 0 aliphatic rings. The molecule has 16 heavy (non-hydrogen) atoms. The molecule has 4 N–H and O–H groups in total. The number of primary amides is 1. The first-order valence-corrected chi connectivity index (χ1v) is 5.57. The van der Waals surface area contributed by atoms with E-state index < -0.39 is 0 Å². The van der Waals surface area contributed by atoms with Crippen molar-refractivity contribution in [3.05, 3.63) is 35.9 Å². The number of amides is 1. The Bertz CT molecular complexity index is 298. The molecule has 0 saturated heterocycles. The second-order valence-corrected chi connectivity index (χ2v) is 3.91. The Labute approximate surface area is 97.0 Å². The van der Waals surface area contributed by atoms with Crippen LogP contribution in [-0.2, 0) is 11.2 Å². The van der Waals surface area contributed by atoms with E-state index in [0.717, 1.165) is 25.7 Å². The first kappa shape index (κ1) is 14.6. The van der Waals surface area contributed by atoms with E-state index in [1.165, 1.54) is 5.56 Å². The summed E-state index contributed by atoms with van der Waals surface area (Å²) in [7, 11) is 0. The van der Waals surface area contributed by atoms with Crippen LogP contribution in [-0.4, -0.2) is 11.4 Å². The van der Waals surface area contributed by atoms with Crippen molar-refractivity contribution in [3.63, 3.8) is 0 Å². The number of aryl methyl sites for hydroxylation is 1. The second-order valence-electron chi connectivity index (χ2n) is 3.91. The molecule has 1 aromatic carbocycles. The maximum absolute atomic E-state index is 11.1. The molecular weight excluding hydrogens is 202 g/mol. The Morgan fingerprint density at radius 3 is 2.38 bits per heavy atom. The number of benzene rings is 1. The number of hydrogen-bond acceptors (Lipinski definition) is 1. The topological polar surface area (TPSA) is 74.6 Å². The molecule has 0 heterocycles.